The molecule has 6 nitrogen and oxygen atoms in total. The molecule has 0 fully saturated rings. The number of amides is 1. The first-order chi connectivity index (χ1) is 8.26. The molecule has 0 aliphatic rings. The summed E-state index contributed by atoms with van der Waals surface area (Å²) in [6.45, 7) is 3.70. The highest BCUT2D eigenvalue weighted by Gasteiger charge is 2.24. The van der Waals surface area contributed by atoms with Crippen LogP contribution in [0, 0.1) is 10.1 Å². The molecule has 1 N–H and O–H groups in total. The lowest BCUT2D eigenvalue weighted by atomic mass is 10.0. The highest BCUT2D eigenvalue weighted by molar-refractivity contribution is 6.17. The number of nitro groups is 1. The van der Waals surface area contributed by atoms with Crippen molar-refractivity contribution in [2.24, 2.45) is 7.05 Å². The average Bonchev–Trinajstić information content (AvgIpc) is 2.59. The van der Waals surface area contributed by atoms with Crippen LogP contribution in [0.25, 0.3) is 0 Å². The van der Waals surface area contributed by atoms with Gasteiger partial charge in [0.1, 0.15) is 5.69 Å². The summed E-state index contributed by atoms with van der Waals surface area (Å²) in [5.41, 5.74) is -0.292. The van der Waals surface area contributed by atoms with Gasteiger partial charge in [0.05, 0.1) is 11.1 Å². The van der Waals surface area contributed by atoms with Gasteiger partial charge in [-0.3, -0.25) is 14.9 Å². The monoisotopic (exact) mass is 273 g/mol. The fraction of sp³-hybridized carbons (Fsp3) is 0.545. The first kappa shape index (κ1) is 14.5. The van der Waals surface area contributed by atoms with Gasteiger partial charge in [-0.15, -0.1) is 11.6 Å². The minimum atomic E-state index is -0.527. The van der Waals surface area contributed by atoms with Crippen molar-refractivity contribution < 1.29 is 9.72 Å². The van der Waals surface area contributed by atoms with Crippen molar-refractivity contribution in [2.45, 2.75) is 25.8 Å². The van der Waals surface area contributed by atoms with E-state index in [1.54, 1.807) is 7.05 Å². The predicted octanol–water partition coefficient (Wildman–Crippen LogP) is 2.07. The smallest absolute Gasteiger partial charge is 0.287 e. The molecule has 0 bridgehead atoms. The molecule has 0 atom stereocenters. The van der Waals surface area contributed by atoms with E-state index in [1.165, 1.54) is 16.8 Å². The molecule has 0 unspecified atom stereocenters. The number of aryl methyl sites for hydroxylation is 1. The second-order valence-corrected chi connectivity index (χ2v) is 5.11. The molecule has 0 aromatic carbocycles. The number of halogens is 1. The first-order valence-corrected chi connectivity index (χ1v) is 5.99. The second kappa shape index (κ2) is 5.39. The van der Waals surface area contributed by atoms with Crippen LogP contribution in [0.15, 0.2) is 12.3 Å². The Kier molecular flexibility index (Phi) is 4.34. The van der Waals surface area contributed by atoms with E-state index in [4.69, 9.17) is 11.6 Å². The highest BCUT2D eigenvalue weighted by Crippen LogP contribution is 2.17. The van der Waals surface area contributed by atoms with Gasteiger partial charge in [0, 0.05) is 24.5 Å². The van der Waals surface area contributed by atoms with E-state index in [1.807, 2.05) is 13.8 Å². The van der Waals surface area contributed by atoms with Crippen LogP contribution >= 0.6 is 11.6 Å². The van der Waals surface area contributed by atoms with Crippen LogP contribution in [-0.4, -0.2) is 26.8 Å². The number of nitrogens with zero attached hydrogens (tertiary/aromatic N) is 2. The van der Waals surface area contributed by atoms with Gasteiger partial charge in [-0.2, -0.15) is 0 Å². The average molecular weight is 274 g/mol. The number of carbonyl (C=O) groups excluding carboxylic acids is 1. The number of carbonyl (C=O) groups is 1. The van der Waals surface area contributed by atoms with Crippen LogP contribution in [0.3, 0.4) is 0 Å². The SMILES string of the molecule is Cn1cc([N+](=O)[O-])cc1C(=O)NC(C)(C)CCCl. The molecule has 1 rings (SSSR count). The lowest BCUT2D eigenvalue weighted by molar-refractivity contribution is -0.384. The van der Waals surface area contributed by atoms with Crippen LogP contribution in [0.1, 0.15) is 30.8 Å². The zero-order valence-electron chi connectivity index (χ0n) is 10.6. The molecule has 7 heteroatoms. The summed E-state index contributed by atoms with van der Waals surface area (Å²) in [5, 5.41) is 13.4. The summed E-state index contributed by atoms with van der Waals surface area (Å²) in [7, 11) is 1.59. The molecule has 0 aliphatic carbocycles. The van der Waals surface area contributed by atoms with E-state index >= 15 is 0 Å². The third-order valence-electron chi connectivity index (χ3n) is 2.61. The molecule has 0 aliphatic heterocycles. The Morgan fingerprint density at radius 3 is 2.67 bits per heavy atom. The molecule has 1 heterocycles. The van der Waals surface area contributed by atoms with E-state index in [9.17, 15) is 14.9 Å². The van der Waals surface area contributed by atoms with Crippen LogP contribution in [0.4, 0.5) is 5.69 Å². The summed E-state index contributed by atoms with van der Waals surface area (Å²) in [4.78, 5) is 22.1. The minimum Gasteiger partial charge on any atom is -0.346 e. The van der Waals surface area contributed by atoms with Crippen LogP contribution in [0.5, 0.6) is 0 Å². The van der Waals surface area contributed by atoms with Crippen molar-refractivity contribution in [1.82, 2.24) is 9.88 Å². The fourth-order valence-corrected chi connectivity index (χ4v) is 2.02. The van der Waals surface area contributed by atoms with Crippen molar-refractivity contribution in [3.8, 4) is 0 Å². The number of hydrogen-bond donors (Lipinski definition) is 1. The molecule has 1 amide bonds. The summed E-state index contributed by atoms with van der Waals surface area (Å²) < 4.78 is 1.43. The maximum absolute atomic E-state index is 12.0. The van der Waals surface area contributed by atoms with E-state index in [0.717, 1.165) is 0 Å². The molecule has 0 spiro atoms. The molecular formula is C11H16ClN3O3. The van der Waals surface area contributed by atoms with Gasteiger partial charge in [-0.25, -0.2) is 0 Å². The van der Waals surface area contributed by atoms with E-state index in [0.29, 0.717) is 12.3 Å². The quantitative estimate of drug-likeness (QED) is 0.507. The van der Waals surface area contributed by atoms with E-state index in [-0.39, 0.29) is 17.3 Å². The van der Waals surface area contributed by atoms with E-state index in [2.05, 4.69) is 5.32 Å². The number of nitrogens with one attached hydrogen (secondary N) is 1. The van der Waals surface area contributed by atoms with Gasteiger partial charge < -0.3 is 9.88 Å². The van der Waals surface area contributed by atoms with Crippen molar-refractivity contribution in [3.05, 3.63) is 28.1 Å². The number of alkyl halides is 1. The fourth-order valence-electron chi connectivity index (χ4n) is 1.54. The lowest BCUT2D eigenvalue weighted by Gasteiger charge is -2.25. The Balaban J connectivity index is 2.88. The first-order valence-electron chi connectivity index (χ1n) is 5.46. The molecular weight excluding hydrogens is 258 g/mol. The molecule has 0 saturated heterocycles. The molecule has 18 heavy (non-hydrogen) atoms. The number of rotatable bonds is 5. The lowest BCUT2D eigenvalue weighted by Crippen LogP contribution is -2.44. The maximum Gasteiger partial charge on any atom is 0.287 e. The third-order valence-corrected chi connectivity index (χ3v) is 2.79. The maximum atomic E-state index is 12.0. The third kappa shape index (κ3) is 3.46. The van der Waals surface area contributed by atoms with Crippen molar-refractivity contribution in [2.75, 3.05) is 5.88 Å². The van der Waals surface area contributed by atoms with Gasteiger partial charge in [0.25, 0.3) is 11.6 Å². The van der Waals surface area contributed by atoms with E-state index < -0.39 is 10.5 Å². The number of hydrogen-bond acceptors (Lipinski definition) is 3. The van der Waals surface area contributed by atoms with Crippen LogP contribution < -0.4 is 5.32 Å². The standard InChI is InChI=1S/C11H16ClN3O3/c1-11(2,4-5-12)13-10(16)9-6-8(15(17)18)7-14(9)3/h6-7H,4-5H2,1-3H3,(H,13,16). The Morgan fingerprint density at radius 1 is 1.61 bits per heavy atom. The Labute approximate surface area is 110 Å². The summed E-state index contributed by atoms with van der Waals surface area (Å²) in [6.07, 6.45) is 1.93. The van der Waals surface area contributed by atoms with Gasteiger partial charge in [0.15, 0.2) is 0 Å². The van der Waals surface area contributed by atoms with Gasteiger partial charge in [0.2, 0.25) is 0 Å². The summed E-state index contributed by atoms with van der Waals surface area (Å²) >= 11 is 5.65. The summed E-state index contributed by atoms with van der Waals surface area (Å²) in [6, 6.07) is 1.26. The highest BCUT2D eigenvalue weighted by atomic mass is 35.5. The normalized spacial score (nSPS) is 11.3. The zero-order chi connectivity index (χ0) is 13.9. The second-order valence-electron chi connectivity index (χ2n) is 4.73. The molecule has 0 saturated carbocycles. The Hall–Kier alpha value is -1.56. The van der Waals surface area contributed by atoms with Gasteiger partial charge in [-0.05, 0) is 20.3 Å². The molecule has 100 valence electrons. The molecule has 1 aromatic rings. The molecule has 0 radical (unpaired) electrons. The van der Waals surface area contributed by atoms with Crippen LogP contribution in [-0.2, 0) is 7.05 Å². The van der Waals surface area contributed by atoms with Crippen molar-refractivity contribution >= 4 is 23.2 Å². The minimum absolute atomic E-state index is 0.0993. The Bertz CT molecular complexity index is 468. The molecule has 1 aromatic heterocycles. The van der Waals surface area contributed by atoms with Crippen molar-refractivity contribution in [1.29, 1.82) is 0 Å². The Morgan fingerprint density at radius 2 is 2.22 bits per heavy atom. The number of aromatic nitrogens is 1. The van der Waals surface area contributed by atoms with Gasteiger partial charge in [-0.1, -0.05) is 0 Å². The van der Waals surface area contributed by atoms with Gasteiger partial charge >= 0.3 is 0 Å². The summed E-state index contributed by atoms with van der Waals surface area (Å²) in [5.74, 6) is 0.0846. The zero-order valence-corrected chi connectivity index (χ0v) is 11.3. The topological polar surface area (TPSA) is 77.2 Å². The predicted molar refractivity (Wildman–Crippen MR) is 68.9 cm³/mol. The largest absolute Gasteiger partial charge is 0.346 e. The van der Waals surface area contributed by atoms with Crippen LogP contribution in [0.2, 0.25) is 0 Å². The van der Waals surface area contributed by atoms with Crippen molar-refractivity contribution in [3.63, 3.8) is 0 Å².